The third-order valence-electron chi connectivity index (χ3n) is 11.6. The van der Waals surface area contributed by atoms with Gasteiger partial charge in [0.15, 0.2) is 11.6 Å². The highest BCUT2D eigenvalue weighted by atomic mass is 19.4. The number of aromatic nitrogens is 8. The molecular weight excluding hydrogens is 1080 g/mol. The van der Waals surface area contributed by atoms with E-state index in [2.05, 4.69) is 56.1 Å². The lowest BCUT2D eigenvalue weighted by atomic mass is 9.78. The number of rotatable bonds is 14. The van der Waals surface area contributed by atoms with Gasteiger partial charge in [0.05, 0.1) is 29.3 Å². The summed E-state index contributed by atoms with van der Waals surface area (Å²) in [6.45, 7) is 3.46. The fourth-order valence-electron chi connectivity index (χ4n) is 8.28. The zero-order chi connectivity index (χ0) is 57.7. The highest BCUT2D eigenvalue weighted by Gasteiger charge is 2.43. The van der Waals surface area contributed by atoms with Crippen molar-refractivity contribution in [3.8, 4) is 11.5 Å². The predicted octanol–water partition coefficient (Wildman–Crippen LogP) is 11.0. The number of carbonyl (C=O) groups excluding carboxylic acids is 2. The van der Waals surface area contributed by atoms with Gasteiger partial charge in [0.2, 0.25) is 0 Å². The molecule has 2 aromatic heterocycles. The Balaban J connectivity index is 0.000000229. The van der Waals surface area contributed by atoms with Gasteiger partial charge in [0.25, 0.3) is 11.8 Å². The second-order valence-corrected chi connectivity index (χ2v) is 17.4. The molecule has 0 spiro atoms. The molecule has 6 aromatic carbocycles. The van der Waals surface area contributed by atoms with Crippen LogP contribution in [0.1, 0.15) is 76.9 Å². The highest BCUT2D eigenvalue weighted by molar-refractivity contribution is 5.96. The first-order valence-corrected chi connectivity index (χ1v) is 22.6. The van der Waals surface area contributed by atoms with Crippen molar-refractivity contribution in [1.82, 2.24) is 51.5 Å². The number of ether oxygens (including phenoxy) is 2. The molecule has 2 atom stereocenters. The van der Waals surface area contributed by atoms with E-state index in [0.717, 1.165) is 41.2 Å². The third kappa shape index (κ3) is 14.3. The van der Waals surface area contributed by atoms with E-state index in [1.807, 2.05) is 0 Å². The average molecular weight is 1120 g/mol. The molecule has 14 nitrogen and oxygen atoms in total. The van der Waals surface area contributed by atoms with Crippen LogP contribution < -0.4 is 20.1 Å². The summed E-state index contributed by atoms with van der Waals surface area (Å²) in [6, 6.07) is 26.1. The third-order valence-corrected chi connectivity index (χ3v) is 11.6. The molecule has 8 rings (SSSR count). The zero-order valence-corrected chi connectivity index (χ0v) is 40.7. The second kappa shape index (κ2) is 22.5. The molecule has 0 bridgehead atoms. The molecule has 3 N–H and O–H groups in total. The smallest absolute Gasteiger partial charge is 0.406 e. The molecule has 28 heteroatoms. The Labute approximate surface area is 436 Å². The van der Waals surface area contributed by atoms with E-state index in [0.29, 0.717) is 46.5 Å². The van der Waals surface area contributed by atoms with Crippen LogP contribution in [-0.2, 0) is 43.3 Å². The maximum absolute atomic E-state index is 13.9. The molecule has 2 amide bonds. The quantitative estimate of drug-likeness (QED) is 0.0889. The monoisotopic (exact) mass is 1120 g/mol. The largest absolute Gasteiger partial charge is 0.573 e. The number of hydrogen-bond donors (Lipinski definition) is 3. The lowest BCUT2D eigenvalue weighted by molar-refractivity contribution is -0.275. The number of tetrazole rings is 2. The number of carbonyl (C=O) groups is 2. The molecule has 0 aliphatic rings. The summed E-state index contributed by atoms with van der Waals surface area (Å²) < 4.78 is 194. The summed E-state index contributed by atoms with van der Waals surface area (Å²) in [5.41, 5.74) is -5.68. The molecular formula is C51H38F14N10O4. The molecule has 79 heavy (non-hydrogen) atoms. The molecule has 2 unspecified atom stereocenters. The van der Waals surface area contributed by atoms with Gasteiger partial charge in [-0.25, -0.2) is 8.78 Å². The summed E-state index contributed by atoms with van der Waals surface area (Å²) >= 11 is 0. The van der Waals surface area contributed by atoms with Crippen LogP contribution in [-0.4, -0.2) is 65.4 Å². The first-order valence-electron chi connectivity index (χ1n) is 22.6. The Morgan fingerprint density at radius 3 is 1.29 bits per heavy atom. The number of alkyl halides is 12. The van der Waals surface area contributed by atoms with E-state index in [1.54, 1.807) is 62.4 Å². The Hall–Kier alpha value is -8.98. The number of aromatic amines is 1. The van der Waals surface area contributed by atoms with Crippen molar-refractivity contribution in [2.75, 3.05) is 0 Å². The minimum Gasteiger partial charge on any atom is -0.406 e. The maximum Gasteiger partial charge on any atom is 0.573 e. The van der Waals surface area contributed by atoms with Gasteiger partial charge >= 0.3 is 25.1 Å². The Morgan fingerprint density at radius 2 is 0.937 bits per heavy atom. The Kier molecular flexibility index (Phi) is 16.5. The van der Waals surface area contributed by atoms with Crippen LogP contribution in [0.4, 0.5) is 61.5 Å². The zero-order valence-electron chi connectivity index (χ0n) is 40.7. The Morgan fingerprint density at radius 1 is 0.532 bits per heavy atom. The first-order chi connectivity index (χ1) is 36.9. The van der Waals surface area contributed by atoms with Gasteiger partial charge in [-0.2, -0.15) is 36.4 Å². The number of nitrogens with one attached hydrogen (secondary N) is 3. The molecule has 0 saturated heterocycles. The van der Waals surface area contributed by atoms with Crippen LogP contribution in [0, 0.1) is 25.5 Å². The lowest BCUT2D eigenvalue weighted by Crippen LogP contribution is -2.49. The van der Waals surface area contributed by atoms with Crippen LogP contribution in [0.3, 0.4) is 0 Å². The van der Waals surface area contributed by atoms with Crippen molar-refractivity contribution >= 4 is 11.8 Å². The van der Waals surface area contributed by atoms with Gasteiger partial charge in [-0.1, -0.05) is 89.1 Å². The number of nitrogens with zero attached hydrogens (tertiary/aromatic N) is 7. The normalized spacial score (nSPS) is 13.5. The SMILES string of the molecule is Cc1cccc(C(Cc2nn[nH]n2)(NC(=O)c2ccc(F)c(C(F)(F)F)c2)c2cccc(OC(F)(F)F)c2)c1.Cc1cccc(C(Cc2nnn(C)n2)(NC(=O)c2ccc(F)c(C(F)(F)F)c2)c2cccc(OC(F)(F)F)c2)c1. The molecule has 0 radical (unpaired) electrons. The number of benzene rings is 6. The van der Waals surface area contributed by atoms with Gasteiger partial charge in [0.1, 0.15) is 23.1 Å². The van der Waals surface area contributed by atoms with Crippen molar-refractivity contribution in [1.29, 1.82) is 0 Å². The van der Waals surface area contributed by atoms with Gasteiger partial charge < -0.3 is 20.1 Å². The fraction of sp³-hybridized carbons (Fsp3) is 0.216. The standard InChI is InChI=1S/C26H20F7N5O2.C25H18F7N5O2/c1-15-5-3-6-17(11-15)24(14-22-35-37-38(2)36-22,18-7-4-8-19(13-18)40-26(31,32)33)34-23(39)16-9-10-21(27)20(12-16)25(28,29)30;1-14-4-2-5-16(10-14)23(13-21-34-36-37-35-21,17-6-3-7-18(12-17)39-25(30,31)32)33-22(38)15-8-9-20(26)19(11-15)24(27,28)29/h3-13H,14H2,1-2H3,(H,34,39);2-12H,13H2,1H3,(H,33,38)(H,34,35,36,37). The van der Waals surface area contributed by atoms with Crippen LogP contribution in [0.25, 0.3) is 0 Å². The molecule has 0 aliphatic heterocycles. The number of halogens is 14. The van der Waals surface area contributed by atoms with Gasteiger partial charge in [-0.15, -0.1) is 46.7 Å². The van der Waals surface area contributed by atoms with Crippen molar-refractivity contribution in [2.24, 2.45) is 7.05 Å². The van der Waals surface area contributed by atoms with E-state index in [9.17, 15) is 71.1 Å². The van der Waals surface area contributed by atoms with Crippen LogP contribution in [0.15, 0.2) is 133 Å². The summed E-state index contributed by atoms with van der Waals surface area (Å²) in [5, 5.41) is 30.6. The van der Waals surface area contributed by atoms with Gasteiger partial charge in [0, 0.05) is 24.0 Å². The lowest BCUT2D eigenvalue weighted by Gasteiger charge is -2.36. The van der Waals surface area contributed by atoms with Crippen molar-refractivity contribution in [2.45, 2.75) is 62.8 Å². The van der Waals surface area contributed by atoms with Crippen molar-refractivity contribution < 1.29 is 80.5 Å². The minimum absolute atomic E-state index is 0.0223. The van der Waals surface area contributed by atoms with E-state index in [4.69, 9.17) is 0 Å². The highest BCUT2D eigenvalue weighted by Crippen LogP contribution is 2.40. The van der Waals surface area contributed by atoms with Crippen LogP contribution in [0.5, 0.6) is 11.5 Å². The molecule has 0 fully saturated rings. The van der Waals surface area contributed by atoms with Crippen molar-refractivity contribution in [3.63, 3.8) is 0 Å². The number of H-pyrrole nitrogens is 1. The van der Waals surface area contributed by atoms with Crippen molar-refractivity contribution in [3.05, 3.63) is 212 Å². The maximum atomic E-state index is 13.9. The summed E-state index contributed by atoms with van der Waals surface area (Å²) in [7, 11) is 1.47. The topological polar surface area (TPSA) is 175 Å². The van der Waals surface area contributed by atoms with E-state index in [-0.39, 0.29) is 35.6 Å². The minimum atomic E-state index is -5.08. The molecule has 0 aliphatic carbocycles. The molecule has 0 saturated carbocycles. The van der Waals surface area contributed by atoms with E-state index < -0.39 is 93.4 Å². The Bertz CT molecular complexity index is 3460. The number of hydrogen-bond acceptors (Lipinski definition) is 10. The second-order valence-electron chi connectivity index (χ2n) is 17.4. The summed E-state index contributed by atoms with van der Waals surface area (Å²) in [5.74, 6) is -6.44. The van der Waals surface area contributed by atoms with Crippen LogP contribution >= 0.6 is 0 Å². The number of aryl methyl sites for hydroxylation is 3. The molecule has 8 aromatic rings. The summed E-state index contributed by atoms with van der Waals surface area (Å²) in [6.07, 6.45) is -20.8. The molecule has 414 valence electrons. The van der Waals surface area contributed by atoms with Gasteiger partial charge in [-0.05, 0) is 102 Å². The summed E-state index contributed by atoms with van der Waals surface area (Å²) in [4.78, 5) is 28.1. The van der Waals surface area contributed by atoms with E-state index in [1.165, 1.54) is 31.3 Å². The average Bonchev–Trinajstić information content (AvgIpc) is 4.19. The van der Waals surface area contributed by atoms with Crippen LogP contribution in [0.2, 0.25) is 0 Å². The molecule has 2 heterocycles. The predicted molar refractivity (Wildman–Crippen MR) is 248 cm³/mol. The van der Waals surface area contributed by atoms with E-state index >= 15 is 0 Å². The number of amides is 2. The van der Waals surface area contributed by atoms with Gasteiger partial charge in [-0.3, -0.25) is 9.59 Å². The first kappa shape index (κ1) is 57.7. The fourth-order valence-corrected chi connectivity index (χ4v) is 8.28.